The minimum absolute atomic E-state index is 0.0148. The Bertz CT molecular complexity index is 688. The van der Waals surface area contributed by atoms with E-state index in [-0.39, 0.29) is 17.6 Å². The molecule has 1 aliphatic carbocycles. The highest BCUT2D eigenvalue weighted by Crippen LogP contribution is 2.31. The van der Waals surface area contributed by atoms with Gasteiger partial charge in [0.05, 0.1) is 5.69 Å². The van der Waals surface area contributed by atoms with Crippen molar-refractivity contribution in [3.63, 3.8) is 0 Å². The molecule has 3 heteroatoms. The molecule has 0 bridgehead atoms. The summed E-state index contributed by atoms with van der Waals surface area (Å²) in [4.78, 5) is 24.6. The molecule has 2 aromatic carbocycles. The Morgan fingerprint density at radius 1 is 1.05 bits per heavy atom. The summed E-state index contributed by atoms with van der Waals surface area (Å²) < 4.78 is 0. The van der Waals surface area contributed by atoms with E-state index in [1.165, 1.54) is 0 Å². The molecule has 0 spiro atoms. The van der Waals surface area contributed by atoms with E-state index in [4.69, 9.17) is 0 Å². The number of hydrogen-bond donors (Lipinski definition) is 1. The summed E-state index contributed by atoms with van der Waals surface area (Å²) >= 11 is 0. The average molecular weight is 279 g/mol. The summed E-state index contributed by atoms with van der Waals surface area (Å²) in [7, 11) is 0. The molecular formula is C18H17NO2. The number of nitrogens with one attached hydrogen (secondary N) is 1. The van der Waals surface area contributed by atoms with Gasteiger partial charge < -0.3 is 5.32 Å². The summed E-state index contributed by atoms with van der Waals surface area (Å²) in [5.41, 5.74) is 2.78. The molecule has 1 N–H and O–H groups in total. The van der Waals surface area contributed by atoms with E-state index < -0.39 is 0 Å². The van der Waals surface area contributed by atoms with E-state index >= 15 is 0 Å². The zero-order valence-corrected chi connectivity index (χ0v) is 11.9. The first kappa shape index (κ1) is 13.6. The number of amides is 1. The van der Waals surface area contributed by atoms with Crippen LogP contribution in [0.15, 0.2) is 48.5 Å². The first-order chi connectivity index (χ1) is 10.1. The van der Waals surface area contributed by atoms with Crippen LogP contribution in [-0.4, -0.2) is 11.7 Å². The van der Waals surface area contributed by atoms with Gasteiger partial charge in [0.1, 0.15) is 0 Å². The lowest BCUT2D eigenvalue weighted by atomic mass is 9.99. The molecule has 1 saturated carbocycles. The Balaban J connectivity index is 1.94. The predicted molar refractivity (Wildman–Crippen MR) is 82.4 cm³/mol. The summed E-state index contributed by atoms with van der Waals surface area (Å²) in [6.07, 6.45) is 1.89. The molecule has 0 aliphatic heterocycles. The normalized spacial score (nSPS) is 13.8. The van der Waals surface area contributed by atoms with Gasteiger partial charge in [-0.1, -0.05) is 42.0 Å². The number of ketones is 1. The predicted octanol–water partition coefficient (Wildman–Crippen LogP) is 3.57. The third-order valence-corrected chi connectivity index (χ3v) is 3.66. The van der Waals surface area contributed by atoms with Gasteiger partial charge in [-0.25, -0.2) is 0 Å². The Morgan fingerprint density at radius 3 is 2.43 bits per heavy atom. The zero-order chi connectivity index (χ0) is 14.8. The second-order valence-electron chi connectivity index (χ2n) is 5.51. The van der Waals surface area contributed by atoms with Gasteiger partial charge in [0.25, 0.3) is 0 Å². The SMILES string of the molecule is Cc1ccc(NC(=O)C2CC2)c(C(=O)c2ccccc2)c1. The maximum atomic E-state index is 12.6. The average Bonchev–Trinajstić information content (AvgIpc) is 3.34. The number of carbonyl (C=O) groups excluding carboxylic acids is 2. The van der Waals surface area contributed by atoms with Crippen molar-refractivity contribution in [2.45, 2.75) is 19.8 Å². The molecule has 1 fully saturated rings. The van der Waals surface area contributed by atoms with E-state index in [9.17, 15) is 9.59 Å². The molecule has 1 aliphatic rings. The van der Waals surface area contributed by atoms with Crippen LogP contribution in [0.5, 0.6) is 0 Å². The smallest absolute Gasteiger partial charge is 0.227 e. The van der Waals surface area contributed by atoms with Crippen molar-refractivity contribution in [3.8, 4) is 0 Å². The van der Waals surface area contributed by atoms with Gasteiger partial charge >= 0.3 is 0 Å². The standard InChI is InChI=1S/C18H17NO2/c1-12-7-10-16(19-18(21)14-8-9-14)15(11-12)17(20)13-5-3-2-4-6-13/h2-7,10-11,14H,8-9H2,1H3,(H,19,21). The van der Waals surface area contributed by atoms with Crippen molar-refractivity contribution in [2.75, 3.05) is 5.32 Å². The number of benzene rings is 2. The molecule has 0 aromatic heterocycles. The highest BCUT2D eigenvalue weighted by atomic mass is 16.2. The van der Waals surface area contributed by atoms with E-state index in [0.717, 1.165) is 18.4 Å². The highest BCUT2D eigenvalue weighted by Gasteiger charge is 2.30. The highest BCUT2D eigenvalue weighted by molar-refractivity contribution is 6.14. The molecule has 3 nitrogen and oxygen atoms in total. The summed E-state index contributed by atoms with van der Waals surface area (Å²) in [6.45, 7) is 1.94. The lowest BCUT2D eigenvalue weighted by molar-refractivity contribution is -0.117. The topological polar surface area (TPSA) is 46.2 Å². The largest absolute Gasteiger partial charge is 0.325 e. The van der Waals surface area contributed by atoms with Gasteiger partial charge in [-0.15, -0.1) is 0 Å². The van der Waals surface area contributed by atoms with Gasteiger partial charge in [0, 0.05) is 17.0 Å². The Kier molecular flexibility index (Phi) is 3.57. The van der Waals surface area contributed by atoms with Crippen LogP contribution >= 0.6 is 0 Å². The third kappa shape index (κ3) is 3.02. The van der Waals surface area contributed by atoms with Crippen molar-refractivity contribution in [2.24, 2.45) is 5.92 Å². The van der Waals surface area contributed by atoms with Crippen molar-refractivity contribution in [1.82, 2.24) is 0 Å². The van der Waals surface area contributed by atoms with Crippen LogP contribution in [0.25, 0.3) is 0 Å². The van der Waals surface area contributed by atoms with E-state index in [2.05, 4.69) is 5.32 Å². The molecule has 21 heavy (non-hydrogen) atoms. The van der Waals surface area contributed by atoms with Gasteiger partial charge in [-0.05, 0) is 31.9 Å². The molecule has 3 rings (SSSR count). The van der Waals surface area contributed by atoms with Crippen LogP contribution in [0.1, 0.15) is 34.3 Å². The fourth-order valence-corrected chi connectivity index (χ4v) is 2.28. The van der Waals surface area contributed by atoms with Crippen LogP contribution in [0.2, 0.25) is 0 Å². The minimum Gasteiger partial charge on any atom is -0.325 e. The first-order valence-electron chi connectivity index (χ1n) is 7.16. The van der Waals surface area contributed by atoms with Gasteiger partial charge in [0.15, 0.2) is 5.78 Å². The molecule has 0 radical (unpaired) electrons. The number of hydrogen-bond acceptors (Lipinski definition) is 2. The van der Waals surface area contributed by atoms with Gasteiger partial charge in [-0.2, -0.15) is 0 Å². The number of rotatable bonds is 4. The summed E-state index contributed by atoms with van der Waals surface area (Å²) in [5, 5.41) is 2.89. The molecule has 1 amide bonds. The molecule has 0 saturated heterocycles. The van der Waals surface area contributed by atoms with E-state index in [0.29, 0.717) is 16.8 Å². The summed E-state index contributed by atoms with van der Waals surface area (Å²) in [5.74, 6) is 0.0670. The lowest BCUT2D eigenvalue weighted by Crippen LogP contribution is -2.16. The molecule has 0 heterocycles. The van der Waals surface area contributed by atoms with Crippen molar-refractivity contribution < 1.29 is 9.59 Å². The maximum absolute atomic E-state index is 12.6. The minimum atomic E-state index is -0.0644. The fourth-order valence-electron chi connectivity index (χ4n) is 2.28. The zero-order valence-electron chi connectivity index (χ0n) is 11.9. The van der Waals surface area contributed by atoms with E-state index in [1.807, 2.05) is 43.3 Å². The van der Waals surface area contributed by atoms with Crippen LogP contribution in [0, 0.1) is 12.8 Å². The molecule has 2 aromatic rings. The van der Waals surface area contributed by atoms with Crippen LogP contribution in [-0.2, 0) is 4.79 Å². The van der Waals surface area contributed by atoms with Crippen molar-refractivity contribution >= 4 is 17.4 Å². The van der Waals surface area contributed by atoms with Crippen molar-refractivity contribution in [3.05, 3.63) is 65.2 Å². The quantitative estimate of drug-likeness (QED) is 0.870. The van der Waals surface area contributed by atoms with Gasteiger partial charge in [-0.3, -0.25) is 9.59 Å². The Hall–Kier alpha value is -2.42. The Morgan fingerprint density at radius 2 is 1.76 bits per heavy atom. The second kappa shape index (κ2) is 5.52. The third-order valence-electron chi connectivity index (χ3n) is 3.66. The molecule has 106 valence electrons. The van der Waals surface area contributed by atoms with E-state index in [1.54, 1.807) is 12.1 Å². The second-order valence-corrected chi connectivity index (χ2v) is 5.51. The van der Waals surface area contributed by atoms with Crippen LogP contribution in [0.4, 0.5) is 5.69 Å². The Labute approximate surface area is 124 Å². The number of anilines is 1. The molecule has 0 atom stereocenters. The molecular weight excluding hydrogens is 262 g/mol. The first-order valence-corrected chi connectivity index (χ1v) is 7.16. The molecule has 0 unspecified atom stereocenters. The number of aryl methyl sites for hydroxylation is 1. The monoisotopic (exact) mass is 279 g/mol. The summed E-state index contributed by atoms with van der Waals surface area (Å²) in [6, 6.07) is 14.7. The van der Waals surface area contributed by atoms with Crippen LogP contribution < -0.4 is 5.32 Å². The van der Waals surface area contributed by atoms with Crippen LogP contribution in [0.3, 0.4) is 0 Å². The maximum Gasteiger partial charge on any atom is 0.227 e. The fraction of sp³-hybridized carbons (Fsp3) is 0.222. The lowest BCUT2D eigenvalue weighted by Gasteiger charge is -2.11. The number of carbonyl (C=O) groups is 2. The van der Waals surface area contributed by atoms with Crippen molar-refractivity contribution in [1.29, 1.82) is 0 Å². The van der Waals surface area contributed by atoms with Gasteiger partial charge in [0.2, 0.25) is 5.91 Å².